The monoisotopic (exact) mass is 447 g/mol. The Morgan fingerprint density at radius 3 is 2.34 bits per heavy atom. The number of methoxy groups -OCH3 is 2. The minimum absolute atomic E-state index is 0.0252. The van der Waals surface area contributed by atoms with Crippen LogP contribution in [0.1, 0.15) is 40.6 Å². The van der Waals surface area contributed by atoms with E-state index in [2.05, 4.69) is 18.2 Å². The number of rotatable bonds is 5. The molecule has 1 amide bonds. The first-order chi connectivity index (χ1) is 15.6. The van der Waals surface area contributed by atoms with Crippen LogP contribution in [-0.2, 0) is 11.2 Å². The van der Waals surface area contributed by atoms with Crippen molar-refractivity contribution >= 4 is 17.5 Å². The molecule has 1 aliphatic carbocycles. The summed E-state index contributed by atoms with van der Waals surface area (Å²) in [5, 5.41) is 0.744. The first-order valence-electron chi connectivity index (χ1n) is 11.0. The van der Waals surface area contributed by atoms with E-state index in [0.29, 0.717) is 12.3 Å². The minimum atomic E-state index is -0.153. The molecule has 0 radical (unpaired) electrons. The normalized spacial score (nSPS) is 21.6. The highest BCUT2D eigenvalue weighted by molar-refractivity contribution is 6.31. The van der Waals surface area contributed by atoms with E-state index >= 15 is 0 Å². The van der Waals surface area contributed by atoms with Crippen molar-refractivity contribution in [1.29, 1.82) is 0 Å². The fourth-order valence-corrected chi connectivity index (χ4v) is 5.25. The van der Waals surface area contributed by atoms with Gasteiger partial charge in [0.15, 0.2) is 11.5 Å². The highest BCUT2D eigenvalue weighted by Crippen LogP contribution is 2.52. The molecule has 3 atom stereocenters. The summed E-state index contributed by atoms with van der Waals surface area (Å²) in [5.41, 5.74) is 4.47. The Hall–Kier alpha value is -2.98. The molecule has 32 heavy (non-hydrogen) atoms. The van der Waals surface area contributed by atoms with Crippen LogP contribution in [0.15, 0.2) is 66.7 Å². The summed E-state index contributed by atoms with van der Waals surface area (Å²) in [6.45, 7) is 0.673. The summed E-state index contributed by atoms with van der Waals surface area (Å²) in [7, 11) is 3.30. The second kappa shape index (κ2) is 8.51. The third-order valence-corrected chi connectivity index (χ3v) is 7.03. The van der Waals surface area contributed by atoms with Gasteiger partial charge < -0.3 is 14.4 Å². The lowest BCUT2D eigenvalue weighted by atomic mass is 9.87. The van der Waals surface area contributed by atoms with Gasteiger partial charge >= 0.3 is 0 Å². The van der Waals surface area contributed by atoms with Gasteiger partial charge in [0.25, 0.3) is 0 Å². The van der Waals surface area contributed by atoms with Crippen LogP contribution in [0.5, 0.6) is 11.5 Å². The van der Waals surface area contributed by atoms with Gasteiger partial charge in [-0.15, -0.1) is 0 Å². The third-order valence-electron chi connectivity index (χ3n) is 6.68. The van der Waals surface area contributed by atoms with Crippen molar-refractivity contribution in [3.63, 3.8) is 0 Å². The maximum absolute atomic E-state index is 13.8. The molecule has 0 spiro atoms. The fourth-order valence-electron chi connectivity index (χ4n) is 4.98. The van der Waals surface area contributed by atoms with Crippen LogP contribution in [0.25, 0.3) is 0 Å². The largest absolute Gasteiger partial charge is 0.493 e. The molecular formula is C27H26ClNO3. The van der Waals surface area contributed by atoms with Crippen LogP contribution < -0.4 is 9.47 Å². The lowest BCUT2D eigenvalue weighted by Gasteiger charge is -2.38. The van der Waals surface area contributed by atoms with Crippen LogP contribution in [0.4, 0.5) is 0 Å². The minimum Gasteiger partial charge on any atom is -0.493 e. The van der Waals surface area contributed by atoms with Crippen LogP contribution in [0.3, 0.4) is 0 Å². The van der Waals surface area contributed by atoms with Crippen molar-refractivity contribution in [2.24, 2.45) is 5.92 Å². The summed E-state index contributed by atoms with van der Waals surface area (Å²) in [6.07, 6.45) is 1.63. The van der Waals surface area contributed by atoms with Crippen molar-refractivity contribution < 1.29 is 14.3 Å². The number of carbonyl (C=O) groups excluding carboxylic acids is 1. The quantitative estimate of drug-likeness (QED) is 0.508. The molecule has 5 rings (SSSR count). The molecule has 4 nitrogen and oxygen atoms in total. The fraction of sp³-hybridized carbons (Fsp3) is 0.296. The van der Waals surface area contributed by atoms with Gasteiger partial charge in [0.1, 0.15) is 0 Å². The van der Waals surface area contributed by atoms with E-state index < -0.39 is 0 Å². The molecule has 0 aromatic heterocycles. The Bertz CT molecular complexity index is 1150. The highest BCUT2D eigenvalue weighted by atomic mass is 35.5. The summed E-state index contributed by atoms with van der Waals surface area (Å²) in [4.78, 5) is 15.8. The van der Waals surface area contributed by atoms with Gasteiger partial charge in [-0.25, -0.2) is 0 Å². The third kappa shape index (κ3) is 3.63. The van der Waals surface area contributed by atoms with Gasteiger partial charge in [0, 0.05) is 17.5 Å². The van der Waals surface area contributed by atoms with Crippen molar-refractivity contribution in [1.82, 2.24) is 4.90 Å². The van der Waals surface area contributed by atoms with Gasteiger partial charge in [-0.2, -0.15) is 0 Å². The number of amides is 1. The average Bonchev–Trinajstić information content (AvgIpc) is 3.63. The molecule has 164 valence electrons. The van der Waals surface area contributed by atoms with Crippen LogP contribution in [0.2, 0.25) is 5.02 Å². The molecule has 1 fully saturated rings. The molecule has 3 unspecified atom stereocenters. The predicted octanol–water partition coefficient (Wildman–Crippen LogP) is 5.64. The molecule has 0 N–H and O–H groups in total. The molecule has 3 aromatic rings. The van der Waals surface area contributed by atoms with Crippen molar-refractivity contribution in [3.8, 4) is 11.5 Å². The second-order valence-corrected chi connectivity index (χ2v) is 8.88. The molecule has 5 heteroatoms. The lowest BCUT2D eigenvalue weighted by molar-refractivity contribution is -0.134. The predicted molar refractivity (Wildman–Crippen MR) is 126 cm³/mol. The number of ether oxygens (including phenoxy) is 2. The maximum atomic E-state index is 13.8. The summed E-state index contributed by atoms with van der Waals surface area (Å²) in [5.74, 6) is 1.77. The highest BCUT2D eigenvalue weighted by Gasteiger charge is 2.48. The molecule has 2 aliphatic rings. The van der Waals surface area contributed by atoms with Crippen LogP contribution >= 0.6 is 11.6 Å². The molecule has 1 heterocycles. The van der Waals surface area contributed by atoms with E-state index in [4.69, 9.17) is 21.1 Å². The number of halogens is 1. The maximum Gasteiger partial charge on any atom is 0.227 e. The lowest BCUT2D eigenvalue weighted by Crippen LogP contribution is -2.41. The van der Waals surface area contributed by atoms with Crippen LogP contribution in [0, 0.1) is 5.92 Å². The number of nitrogens with zero attached hydrogens (tertiary/aromatic N) is 1. The van der Waals surface area contributed by atoms with E-state index in [1.165, 1.54) is 5.56 Å². The number of hydrogen-bond acceptors (Lipinski definition) is 3. The Balaban J connectivity index is 1.52. The molecule has 0 saturated heterocycles. The summed E-state index contributed by atoms with van der Waals surface area (Å²) in [6, 6.07) is 22.0. The Morgan fingerprint density at radius 2 is 1.62 bits per heavy atom. The van der Waals surface area contributed by atoms with Gasteiger partial charge in [0.2, 0.25) is 5.91 Å². The molecule has 3 aromatic carbocycles. The average molecular weight is 448 g/mol. The molecule has 0 bridgehead atoms. The topological polar surface area (TPSA) is 38.8 Å². The summed E-state index contributed by atoms with van der Waals surface area (Å²) < 4.78 is 11.1. The molecule has 1 aliphatic heterocycles. The second-order valence-electron chi connectivity index (χ2n) is 8.47. The van der Waals surface area contributed by atoms with E-state index in [-0.39, 0.29) is 23.8 Å². The zero-order chi connectivity index (χ0) is 22.2. The number of carbonyl (C=O) groups is 1. The molecular weight excluding hydrogens is 422 g/mol. The number of hydrogen-bond donors (Lipinski definition) is 0. The Kier molecular flexibility index (Phi) is 5.56. The molecule has 1 saturated carbocycles. The van der Waals surface area contributed by atoms with Crippen molar-refractivity contribution in [2.75, 3.05) is 20.8 Å². The van der Waals surface area contributed by atoms with Crippen molar-refractivity contribution in [2.45, 2.75) is 24.8 Å². The van der Waals surface area contributed by atoms with Gasteiger partial charge in [-0.05, 0) is 59.2 Å². The van der Waals surface area contributed by atoms with E-state index in [1.54, 1.807) is 14.2 Å². The van der Waals surface area contributed by atoms with E-state index in [1.807, 2.05) is 53.4 Å². The van der Waals surface area contributed by atoms with E-state index in [0.717, 1.165) is 40.3 Å². The van der Waals surface area contributed by atoms with Crippen LogP contribution in [-0.4, -0.2) is 31.6 Å². The zero-order valence-corrected chi connectivity index (χ0v) is 19.0. The Labute approximate surface area is 193 Å². The zero-order valence-electron chi connectivity index (χ0n) is 18.3. The summed E-state index contributed by atoms with van der Waals surface area (Å²) >= 11 is 6.42. The first kappa shape index (κ1) is 20.9. The van der Waals surface area contributed by atoms with Gasteiger partial charge in [0.05, 0.1) is 20.3 Å². The van der Waals surface area contributed by atoms with Crippen molar-refractivity contribution in [3.05, 3.63) is 94.0 Å². The van der Waals surface area contributed by atoms with E-state index in [9.17, 15) is 4.79 Å². The standard InChI is InChI=1S/C27H26ClNO3/c1-31-24-14-18-12-13-29(27(30)22-15-21(22)19-10-6-7-11-23(19)28)26(17-8-4-3-5-9-17)20(18)16-25(24)32-2/h3-11,14,16,21-22,26H,12-13,15H2,1-2H3. The van der Waals surface area contributed by atoms with Gasteiger partial charge in [-0.1, -0.05) is 60.1 Å². The van der Waals surface area contributed by atoms with Gasteiger partial charge in [-0.3, -0.25) is 4.79 Å². The SMILES string of the molecule is COc1cc2c(cc1OC)C(c1ccccc1)N(C(=O)C1CC1c1ccccc1Cl)CC2. The first-order valence-corrected chi connectivity index (χ1v) is 11.3. The Morgan fingerprint density at radius 1 is 0.938 bits per heavy atom. The number of fused-ring (bicyclic) bond motifs is 1. The smallest absolute Gasteiger partial charge is 0.227 e. The number of benzene rings is 3.